The van der Waals surface area contributed by atoms with E-state index in [4.69, 9.17) is 11.6 Å². The van der Waals surface area contributed by atoms with E-state index < -0.39 is 17.4 Å². The topological polar surface area (TPSA) is 136 Å². The smallest absolute Gasteiger partial charge is 0.272 e. The van der Waals surface area contributed by atoms with E-state index >= 15 is 0 Å². The molecule has 0 radical (unpaired) electrons. The molecule has 0 bridgehead atoms. The number of amides is 2. The second-order valence-corrected chi connectivity index (χ2v) is 4.43. The highest BCUT2D eigenvalue weighted by Gasteiger charge is 2.24. The first-order chi connectivity index (χ1) is 8.34. The summed E-state index contributed by atoms with van der Waals surface area (Å²) in [6.07, 6.45) is 0.0363. The van der Waals surface area contributed by atoms with Crippen LogP contribution in [0.1, 0.15) is 30.8 Å². The van der Waals surface area contributed by atoms with Crippen molar-refractivity contribution in [3.8, 4) is 0 Å². The molecule has 0 aliphatic rings. The first kappa shape index (κ1) is 13.8. The average molecular weight is 252 g/mol. The molecule has 8 nitrogen and oxygen atoms in total. The Morgan fingerprint density at radius 3 is 2.44 bits per heavy atom. The summed E-state index contributed by atoms with van der Waals surface area (Å²) in [5.41, 5.74) is 6.78. The monoisotopic (exact) mass is 252 g/mol. The molecule has 0 aromatic carbocycles. The molecular formula is C10H16N6O2. The van der Waals surface area contributed by atoms with Gasteiger partial charge in [0.15, 0.2) is 11.5 Å². The number of aromatic nitrogens is 2. The number of anilines is 1. The maximum atomic E-state index is 11.8. The quantitative estimate of drug-likeness (QED) is 0.398. The first-order valence-electron chi connectivity index (χ1n) is 5.25. The van der Waals surface area contributed by atoms with Crippen LogP contribution < -0.4 is 22.3 Å². The molecular weight excluding hydrogens is 236 g/mol. The van der Waals surface area contributed by atoms with Gasteiger partial charge in [-0.3, -0.25) is 9.59 Å². The molecule has 1 aromatic rings. The Morgan fingerprint density at radius 1 is 1.33 bits per heavy atom. The number of hydrogen-bond acceptors (Lipinski definition) is 6. The third kappa shape index (κ3) is 3.98. The van der Waals surface area contributed by atoms with E-state index in [9.17, 15) is 9.59 Å². The Balaban J connectivity index is 2.72. The summed E-state index contributed by atoms with van der Waals surface area (Å²) in [6.45, 7) is 3.39. The van der Waals surface area contributed by atoms with Crippen molar-refractivity contribution in [2.75, 3.05) is 5.43 Å². The van der Waals surface area contributed by atoms with Crippen molar-refractivity contribution in [3.63, 3.8) is 0 Å². The lowest BCUT2D eigenvalue weighted by Gasteiger charge is -2.24. The SMILES string of the molecule is CC(C)(CC(N)=O)NC(=O)c1ccc(NN)nn1. The maximum absolute atomic E-state index is 11.8. The number of nitrogens with two attached hydrogens (primary N) is 2. The molecule has 1 aromatic heterocycles. The number of nitrogen functional groups attached to an aromatic ring is 1. The van der Waals surface area contributed by atoms with Crippen molar-refractivity contribution in [2.24, 2.45) is 11.6 Å². The van der Waals surface area contributed by atoms with E-state index in [-0.39, 0.29) is 12.1 Å². The van der Waals surface area contributed by atoms with Gasteiger partial charge in [-0.1, -0.05) is 0 Å². The Kier molecular flexibility index (Phi) is 4.16. The van der Waals surface area contributed by atoms with Crippen molar-refractivity contribution in [3.05, 3.63) is 17.8 Å². The van der Waals surface area contributed by atoms with E-state index in [0.717, 1.165) is 0 Å². The number of carbonyl (C=O) groups is 2. The molecule has 0 spiro atoms. The van der Waals surface area contributed by atoms with Gasteiger partial charge < -0.3 is 16.5 Å². The molecule has 0 unspecified atom stereocenters. The molecule has 1 rings (SSSR count). The predicted octanol–water partition coefficient (Wildman–Crippen LogP) is -0.854. The summed E-state index contributed by atoms with van der Waals surface area (Å²) in [5.74, 6) is 4.55. The van der Waals surface area contributed by atoms with Crippen LogP contribution in [0.3, 0.4) is 0 Å². The summed E-state index contributed by atoms with van der Waals surface area (Å²) in [6, 6.07) is 2.99. The number of hydrazine groups is 1. The van der Waals surface area contributed by atoms with Gasteiger partial charge in [-0.05, 0) is 26.0 Å². The molecule has 0 saturated carbocycles. The second-order valence-electron chi connectivity index (χ2n) is 4.43. The van der Waals surface area contributed by atoms with Crippen LogP contribution in [0.15, 0.2) is 12.1 Å². The summed E-state index contributed by atoms with van der Waals surface area (Å²) in [7, 11) is 0. The number of rotatable bonds is 5. The molecule has 0 aliphatic heterocycles. The molecule has 0 fully saturated rings. The van der Waals surface area contributed by atoms with Gasteiger partial charge in [-0.2, -0.15) is 0 Å². The fourth-order valence-corrected chi connectivity index (χ4v) is 1.38. The minimum absolute atomic E-state index is 0.0363. The van der Waals surface area contributed by atoms with Crippen LogP contribution in [0, 0.1) is 0 Å². The van der Waals surface area contributed by atoms with E-state index in [1.165, 1.54) is 12.1 Å². The molecule has 0 saturated heterocycles. The highest BCUT2D eigenvalue weighted by atomic mass is 16.2. The number of hydrogen-bond donors (Lipinski definition) is 4. The Morgan fingerprint density at radius 2 is 2.00 bits per heavy atom. The van der Waals surface area contributed by atoms with Crippen LogP contribution in [0.5, 0.6) is 0 Å². The van der Waals surface area contributed by atoms with Crippen molar-refractivity contribution >= 4 is 17.6 Å². The zero-order valence-corrected chi connectivity index (χ0v) is 10.2. The van der Waals surface area contributed by atoms with Gasteiger partial charge in [0.25, 0.3) is 5.91 Å². The van der Waals surface area contributed by atoms with Gasteiger partial charge >= 0.3 is 0 Å². The first-order valence-corrected chi connectivity index (χ1v) is 5.25. The average Bonchev–Trinajstić information content (AvgIpc) is 2.26. The van der Waals surface area contributed by atoms with Crippen LogP contribution in [0.25, 0.3) is 0 Å². The largest absolute Gasteiger partial charge is 0.370 e. The van der Waals surface area contributed by atoms with Gasteiger partial charge in [-0.25, -0.2) is 5.84 Å². The number of carbonyl (C=O) groups excluding carboxylic acids is 2. The third-order valence-electron chi connectivity index (χ3n) is 2.11. The molecule has 0 atom stereocenters. The zero-order valence-electron chi connectivity index (χ0n) is 10.2. The van der Waals surface area contributed by atoms with Crippen molar-refractivity contribution in [1.29, 1.82) is 0 Å². The molecule has 6 N–H and O–H groups in total. The molecule has 8 heteroatoms. The molecule has 2 amide bonds. The van der Waals surface area contributed by atoms with Gasteiger partial charge in [-0.15, -0.1) is 10.2 Å². The van der Waals surface area contributed by atoms with Crippen LogP contribution in [-0.2, 0) is 4.79 Å². The van der Waals surface area contributed by atoms with Crippen molar-refractivity contribution in [1.82, 2.24) is 15.5 Å². The number of nitrogens with one attached hydrogen (secondary N) is 2. The summed E-state index contributed by atoms with van der Waals surface area (Å²) in [5, 5.41) is 10.0. The fourth-order valence-electron chi connectivity index (χ4n) is 1.38. The van der Waals surface area contributed by atoms with E-state index in [1.807, 2.05) is 0 Å². The van der Waals surface area contributed by atoms with Gasteiger partial charge in [0.1, 0.15) is 0 Å². The predicted molar refractivity (Wildman–Crippen MR) is 65.2 cm³/mol. The number of nitrogens with zero attached hydrogens (tertiary/aromatic N) is 2. The van der Waals surface area contributed by atoms with Crippen molar-refractivity contribution < 1.29 is 9.59 Å². The van der Waals surface area contributed by atoms with Crippen LogP contribution in [0.4, 0.5) is 5.82 Å². The molecule has 0 aliphatic carbocycles. The fraction of sp³-hybridized carbons (Fsp3) is 0.400. The van der Waals surface area contributed by atoms with E-state index in [2.05, 4.69) is 20.9 Å². The van der Waals surface area contributed by atoms with E-state index in [1.54, 1.807) is 13.8 Å². The minimum atomic E-state index is -0.741. The molecule has 18 heavy (non-hydrogen) atoms. The second kappa shape index (κ2) is 5.41. The zero-order chi connectivity index (χ0) is 13.8. The Hall–Kier alpha value is -2.22. The lowest BCUT2D eigenvalue weighted by Crippen LogP contribution is -2.46. The van der Waals surface area contributed by atoms with Gasteiger partial charge in [0, 0.05) is 12.0 Å². The Labute approximate surface area is 104 Å². The lowest BCUT2D eigenvalue weighted by molar-refractivity contribution is -0.119. The standard InChI is InChI=1S/C10H16N6O2/c1-10(2,5-7(11)17)13-9(18)6-3-4-8(14-12)16-15-6/h3-4H,5,12H2,1-2H3,(H2,11,17)(H,13,18)(H,14,16). The van der Waals surface area contributed by atoms with Crippen LogP contribution in [-0.4, -0.2) is 27.6 Å². The third-order valence-corrected chi connectivity index (χ3v) is 2.11. The molecule has 1 heterocycles. The molecule has 98 valence electrons. The lowest BCUT2D eigenvalue weighted by atomic mass is 10.00. The highest BCUT2D eigenvalue weighted by molar-refractivity contribution is 5.93. The summed E-state index contributed by atoms with van der Waals surface area (Å²) in [4.78, 5) is 22.7. The van der Waals surface area contributed by atoms with Crippen molar-refractivity contribution in [2.45, 2.75) is 25.8 Å². The van der Waals surface area contributed by atoms with Crippen LogP contribution >= 0.6 is 0 Å². The van der Waals surface area contributed by atoms with Crippen LogP contribution in [0.2, 0.25) is 0 Å². The summed E-state index contributed by atoms with van der Waals surface area (Å²) < 4.78 is 0. The minimum Gasteiger partial charge on any atom is -0.370 e. The summed E-state index contributed by atoms with van der Waals surface area (Å²) >= 11 is 0. The number of primary amides is 1. The maximum Gasteiger partial charge on any atom is 0.272 e. The highest BCUT2D eigenvalue weighted by Crippen LogP contribution is 2.09. The Bertz CT molecular complexity index is 442. The van der Waals surface area contributed by atoms with E-state index in [0.29, 0.717) is 5.82 Å². The normalized spacial score (nSPS) is 10.8. The van der Waals surface area contributed by atoms with Gasteiger partial charge in [0.05, 0.1) is 0 Å². The van der Waals surface area contributed by atoms with Gasteiger partial charge in [0.2, 0.25) is 5.91 Å².